The first-order valence-electron chi connectivity index (χ1n) is 6.38. The Labute approximate surface area is 123 Å². The molecule has 0 aliphatic heterocycles. The summed E-state index contributed by atoms with van der Waals surface area (Å²) < 4.78 is 10.3. The van der Waals surface area contributed by atoms with Crippen molar-refractivity contribution in [2.45, 2.75) is 6.92 Å². The lowest BCUT2D eigenvalue weighted by atomic mass is 10.1. The smallest absolute Gasteiger partial charge is 0.259 e. The van der Waals surface area contributed by atoms with Gasteiger partial charge in [-0.3, -0.25) is 4.79 Å². The Hall–Kier alpha value is -2.69. The summed E-state index contributed by atoms with van der Waals surface area (Å²) in [5.41, 5.74) is 1.51. The topological polar surface area (TPSA) is 67.8 Å². The summed E-state index contributed by atoms with van der Waals surface area (Å²) in [7, 11) is 3.03. The van der Waals surface area contributed by atoms with Gasteiger partial charge in [-0.15, -0.1) is 0 Å². The molecule has 2 aromatic rings. The van der Waals surface area contributed by atoms with Crippen LogP contribution in [-0.2, 0) is 0 Å². The van der Waals surface area contributed by atoms with Crippen molar-refractivity contribution < 1.29 is 19.4 Å². The number of hydrogen-bond donors (Lipinski definition) is 2. The third-order valence-electron chi connectivity index (χ3n) is 3.20. The predicted molar refractivity (Wildman–Crippen MR) is 80.3 cm³/mol. The Morgan fingerprint density at radius 3 is 2.57 bits per heavy atom. The van der Waals surface area contributed by atoms with Crippen molar-refractivity contribution in [2.24, 2.45) is 0 Å². The Balaban J connectivity index is 2.34. The second-order valence-corrected chi connectivity index (χ2v) is 4.47. The monoisotopic (exact) mass is 287 g/mol. The molecule has 110 valence electrons. The first kappa shape index (κ1) is 14.7. The molecular weight excluding hydrogens is 270 g/mol. The number of amides is 1. The fourth-order valence-corrected chi connectivity index (χ4v) is 1.94. The van der Waals surface area contributed by atoms with Crippen molar-refractivity contribution in [1.82, 2.24) is 0 Å². The number of anilines is 1. The normalized spacial score (nSPS) is 10.0. The van der Waals surface area contributed by atoms with Crippen LogP contribution >= 0.6 is 0 Å². The molecule has 0 atom stereocenters. The van der Waals surface area contributed by atoms with Gasteiger partial charge in [0, 0.05) is 11.3 Å². The number of hydrogen-bond acceptors (Lipinski definition) is 4. The van der Waals surface area contributed by atoms with E-state index in [2.05, 4.69) is 5.32 Å². The molecule has 21 heavy (non-hydrogen) atoms. The minimum atomic E-state index is -0.334. The molecule has 0 saturated heterocycles. The summed E-state index contributed by atoms with van der Waals surface area (Å²) in [6.07, 6.45) is 0. The van der Waals surface area contributed by atoms with Crippen LogP contribution in [0.1, 0.15) is 15.9 Å². The molecule has 0 fully saturated rings. The fourth-order valence-electron chi connectivity index (χ4n) is 1.94. The largest absolute Gasteiger partial charge is 0.508 e. The molecule has 0 aromatic heterocycles. The SMILES string of the molecule is COc1ccc(OC)c(C(=O)Nc2cccc(O)c2C)c1. The van der Waals surface area contributed by atoms with Crippen molar-refractivity contribution in [3.8, 4) is 17.2 Å². The Morgan fingerprint density at radius 1 is 1.14 bits per heavy atom. The number of nitrogens with one attached hydrogen (secondary N) is 1. The zero-order valence-corrected chi connectivity index (χ0v) is 12.1. The minimum Gasteiger partial charge on any atom is -0.508 e. The van der Waals surface area contributed by atoms with Gasteiger partial charge in [-0.1, -0.05) is 6.07 Å². The number of methoxy groups -OCH3 is 2. The summed E-state index contributed by atoms with van der Waals surface area (Å²) in [5, 5.41) is 12.4. The van der Waals surface area contributed by atoms with E-state index in [4.69, 9.17) is 9.47 Å². The van der Waals surface area contributed by atoms with Gasteiger partial charge in [0.1, 0.15) is 17.2 Å². The van der Waals surface area contributed by atoms with E-state index in [-0.39, 0.29) is 11.7 Å². The van der Waals surface area contributed by atoms with Gasteiger partial charge in [-0.25, -0.2) is 0 Å². The van der Waals surface area contributed by atoms with Crippen LogP contribution in [0.3, 0.4) is 0 Å². The van der Waals surface area contributed by atoms with Gasteiger partial charge < -0.3 is 19.9 Å². The number of rotatable bonds is 4. The maximum absolute atomic E-state index is 12.4. The molecule has 0 spiro atoms. The van der Waals surface area contributed by atoms with Gasteiger partial charge in [-0.2, -0.15) is 0 Å². The highest BCUT2D eigenvalue weighted by atomic mass is 16.5. The maximum Gasteiger partial charge on any atom is 0.259 e. The molecule has 0 bridgehead atoms. The van der Waals surface area contributed by atoms with Crippen molar-refractivity contribution in [1.29, 1.82) is 0 Å². The zero-order valence-electron chi connectivity index (χ0n) is 12.1. The predicted octanol–water partition coefficient (Wildman–Crippen LogP) is 2.97. The third-order valence-corrected chi connectivity index (χ3v) is 3.20. The van der Waals surface area contributed by atoms with Gasteiger partial charge in [0.25, 0.3) is 5.91 Å². The summed E-state index contributed by atoms with van der Waals surface area (Å²) in [4.78, 5) is 12.4. The van der Waals surface area contributed by atoms with Crippen LogP contribution < -0.4 is 14.8 Å². The number of phenols is 1. The summed E-state index contributed by atoms with van der Waals surface area (Å²) in [6.45, 7) is 1.73. The van der Waals surface area contributed by atoms with E-state index < -0.39 is 0 Å². The van der Waals surface area contributed by atoms with Crippen LogP contribution in [-0.4, -0.2) is 25.2 Å². The Kier molecular flexibility index (Phi) is 4.33. The molecule has 0 saturated carbocycles. The third kappa shape index (κ3) is 3.08. The number of carbonyl (C=O) groups excluding carboxylic acids is 1. The van der Waals surface area contributed by atoms with Crippen LogP contribution in [0.5, 0.6) is 17.2 Å². The molecule has 2 aromatic carbocycles. The molecule has 0 heterocycles. The van der Waals surface area contributed by atoms with Gasteiger partial charge in [0.2, 0.25) is 0 Å². The van der Waals surface area contributed by atoms with Gasteiger partial charge in [-0.05, 0) is 37.3 Å². The molecule has 5 heteroatoms. The highest BCUT2D eigenvalue weighted by Gasteiger charge is 2.15. The summed E-state index contributed by atoms with van der Waals surface area (Å²) in [5.74, 6) is 0.810. The first-order valence-corrected chi connectivity index (χ1v) is 6.38. The summed E-state index contributed by atoms with van der Waals surface area (Å²) in [6, 6.07) is 9.95. The molecule has 0 radical (unpaired) electrons. The van der Waals surface area contributed by atoms with Crippen molar-refractivity contribution >= 4 is 11.6 Å². The standard InChI is InChI=1S/C16H17NO4/c1-10-13(5-4-6-14(10)18)17-16(19)12-9-11(20-2)7-8-15(12)21-3/h4-9,18H,1-3H3,(H,17,19). The van der Waals surface area contributed by atoms with E-state index in [9.17, 15) is 9.90 Å². The summed E-state index contributed by atoms with van der Waals surface area (Å²) >= 11 is 0. The van der Waals surface area contributed by atoms with Gasteiger partial charge in [0.15, 0.2) is 0 Å². The number of ether oxygens (including phenoxy) is 2. The molecule has 0 unspecified atom stereocenters. The number of carbonyl (C=O) groups is 1. The Morgan fingerprint density at radius 2 is 1.90 bits per heavy atom. The molecule has 2 N–H and O–H groups in total. The van der Waals surface area contributed by atoms with E-state index in [0.29, 0.717) is 28.3 Å². The lowest BCUT2D eigenvalue weighted by Crippen LogP contribution is -2.14. The second-order valence-electron chi connectivity index (χ2n) is 4.47. The van der Waals surface area contributed by atoms with E-state index in [1.165, 1.54) is 14.2 Å². The van der Waals surface area contributed by atoms with E-state index in [0.717, 1.165) is 0 Å². The van der Waals surface area contributed by atoms with Crippen molar-refractivity contribution in [3.05, 3.63) is 47.5 Å². The molecule has 1 amide bonds. The van der Waals surface area contributed by atoms with Gasteiger partial charge >= 0.3 is 0 Å². The minimum absolute atomic E-state index is 0.130. The van der Waals surface area contributed by atoms with E-state index >= 15 is 0 Å². The lowest BCUT2D eigenvalue weighted by Gasteiger charge is -2.12. The molecule has 0 aliphatic carbocycles. The molecule has 5 nitrogen and oxygen atoms in total. The second kappa shape index (κ2) is 6.17. The highest BCUT2D eigenvalue weighted by molar-refractivity contribution is 6.07. The Bertz CT molecular complexity index is 667. The lowest BCUT2D eigenvalue weighted by molar-refractivity contribution is 0.102. The van der Waals surface area contributed by atoms with E-state index in [1.54, 1.807) is 43.3 Å². The molecular formula is C16H17NO4. The number of phenolic OH excluding ortho intramolecular Hbond substituents is 1. The van der Waals surface area contributed by atoms with Crippen molar-refractivity contribution in [2.75, 3.05) is 19.5 Å². The first-order chi connectivity index (χ1) is 10.1. The quantitative estimate of drug-likeness (QED) is 0.907. The van der Waals surface area contributed by atoms with Crippen molar-refractivity contribution in [3.63, 3.8) is 0 Å². The van der Waals surface area contributed by atoms with Crippen LogP contribution in [0, 0.1) is 6.92 Å². The van der Waals surface area contributed by atoms with Crippen LogP contribution in [0.25, 0.3) is 0 Å². The highest BCUT2D eigenvalue weighted by Crippen LogP contribution is 2.27. The average Bonchev–Trinajstić information content (AvgIpc) is 2.51. The molecule has 2 rings (SSSR count). The average molecular weight is 287 g/mol. The number of aromatic hydroxyl groups is 1. The van der Waals surface area contributed by atoms with Gasteiger partial charge in [0.05, 0.1) is 19.8 Å². The zero-order chi connectivity index (χ0) is 15.4. The van der Waals surface area contributed by atoms with Crippen LogP contribution in [0.2, 0.25) is 0 Å². The van der Waals surface area contributed by atoms with E-state index in [1.807, 2.05) is 0 Å². The van der Waals surface area contributed by atoms with Crippen LogP contribution in [0.4, 0.5) is 5.69 Å². The van der Waals surface area contributed by atoms with Crippen LogP contribution in [0.15, 0.2) is 36.4 Å². The molecule has 0 aliphatic rings. The maximum atomic E-state index is 12.4. The number of benzene rings is 2. The fraction of sp³-hybridized carbons (Fsp3) is 0.188.